The molecule has 7 amide bonds. The van der Waals surface area contributed by atoms with Gasteiger partial charge in [0.2, 0.25) is 41.4 Å². The second-order valence-corrected chi connectivity index (χ2v) is 17.4. The van der Waals surface area contributed by atoms with Crippen LogP contribution in [0.25, 0.3) is 0 Å². The number of aliphatic imine (C=N–C) groups is 1. The van der Waals surface area contributed by atoms with Crippen LogP contribution in [0.2, 0.25) is 0 Å². The molecule has 0 aromatic heterocycles. The van der Waals surface area contributed by atoms with E-state index in [-0.39, 0.29) is 99.1 Å². The van der Waals surface area contributed by atoms with E-state index in [1.807, 2.05) is 0 Å². The van der Waals surface area contributed by atoms with E-state index in [9.17, 15) is 53.1 Å². The Morgan fingerprint density at radius 3 is 1.64 bits per heavy atom. The molecule has 0 aliphatic heterocycles. The minimum Gasteiger partial charge on any atom is -0.480 e. The maximum absolute atomic E-state index is 13.7. The monoisotopic (exact) mass is 1020 g/mol. The second kappa shape index (κ2) is 30.6. The van der Waals surface area contributed by atoms with Crippen LogP contribution in [0, 0.1) is 0 Å². The number of ketones is 2. The first-order chi connectivity index (χ1) is 34.3. The van der Waals surface area contributed by atoms with Crippen molar-refractivity contribution < 1.29 is 53.1 Å². The van der Waals surface area contributed by atoms with Gasteiger partial charge in [-0.2, -0.15) is 12.6 Å². The Hall–Kier alpha value is -7.12. The lowest BCUT2D eigenvalue weighted by atomic mass is 9.83. The van der Waals surface area contributed by atoms with Crippen LogP contribution in [-0.4, -0.2) is 145 Å². The number of hydrogen-bond donors (Lipinski definition) is 14. The van der Waals surface area contributed by atoms with Crippen LogP contribution in [0.1, 0.15) is 110 Å². The van der Waals surface area contributed by atoms with E-state index in [1.165, 1.54) is 13.8 Å². The maximum atomic E-state index is 13.7. The van der Waals surface area contributed by atoms with E-state index in [1.54, 1.807) is 42.5 Å². The molecule has 1 aliphatic carbocycles. The molecular formula is C47H69N13O11S. The molecule has 25 heteroatoms. The number of carboxylic acids is 1. The summed E-state index contributed by atoms with van der Waals surface area (Å²) in [5.74, 6) is -7.33. The predicted octanol–water partition coefficient (Wildman–Crippen LogP) is -1.96. The fraction of sp³-hybridized carbons (Fsp3) is 0.511. The molecule has 2 aromatic carbocycles. The van der Waals surface area contributed by atoms with Gasteiger partial charge in [0.25, 0.3) is 0 Å². The first-order valence-electron chi connectivity index (χ1n) is 23.8. The van der Waals surface area contributed by atoms with Crippen molar-refractivity contribution in [1.82, 2.24) is 37.2 Å². The summed E-state index contributed by atoms with van der Waals surface area (Å²) in [6, 6.07) is 4.01. The van der Waals surface area contributed by atoms with E-state index in [2.05, 4.69) is 60.2 Å². The minimum absolute atomic E-state index is 0.0325. The molecule has 0 saturated carbocycles. The van der Waals surface area contributed by atoms with Crippen LogP contribution in [0.5, 0.6) is 0 Å². The highest BCUT2D eigenvalue weighted by Gasteiger charge is 2.33. The van der Waals surface area contributed by atoms with Gasteiger partial charge >= 0.3 is 5.97 Å². The predicted molar refractivity (Wildman–Crippen MR) is 271 cm³/mol. The highest BCUT2D eigenvalue weighted by Crippen LogP contribution is 2.31. The maximum Gasteiger partial charge on any atom is 0.325 e. The number of nitrogens with two attached hydrogens (primary N) is 4. The van der Waals surface area contributed by atoms with Gasteiger partial charge in [0, 0.05) is 60.6 Å². The summed E-state index contributed by atoms with van der Waals surface area (Å²) in [5.41, 5.74) is 23.8. The van der Waals surface area contributed by atoms with E-state index in [4.69, 9.17) is 22.9 Å². The van der Waals surface area contributed by atoms with Crippen LogP contribution in [0.15, 0.2) is 47.5 Å². The van der Waals surface area contributed by atoms with Crippen molar-refractivity contribution in [1.29, 1.82) is 0 Å². The normalized spacial score (nSPS) is 14.0. The summed E-state index contributed by atoms with van der Waals surface area (Å²) in [5, 5.41) is 30.3. The summed E-state index contributed by atoms with van der Waals surface area (Å²) in [7, 11) is 0. The molecule has 2 aromatic rings. The number of carboxylic acid groups (broad SMARTS) is 1. The van der Waals surface area contributed by atoms with Gasteiger partial charge in [-0.05, 0) is 84.4 Å². The van der Waals surface area contributed by atoms with Gasteiger partial charge in [0.15, 0.2) is 17.5 Å². The number of nitrogens with one attached hydrogen (secondary N) is 8. The number of unbranched alkanes of at least 4 members (excludes halogenated alkanes) is 2. The molecule has 1 aliphatic rings. The Bertz CT molecular complexity index is 2290. The van der Waals surface area contributed by atoms with Crippen molar-refractivity contribution in [3.8, 4) is 0 Å². The molecule has 0 radical (unpaired) electrons. The Balaban J connectivity index is 1.58. The molecule has 72 heavy (non-hydrogen) atoms. The zero-order valence-electron chi connectivity index (χ0n) is 40.6. The first-order valence-corrected chi connectivity index (χ1v) is 24.4. The summed E-state index contributed by atoms with van der Waals surface area (Å²) in [6.07, 6.45) is 1.63. The molecule has 3 rings (SSSR count). The zero-order valence-corrected chi connectivity index (χ0v) is 41.4. The van der Waals surface area contributed by atoms with Gasteiger partial charge in [-0.1, -0.05) is 36.4 Å². The number of thiol groups is 1. The standard InChI is InChI=1S/C47H69N13O11S/c1-26(55-37(62)19-18-36(61)53-24-23-52-31-16-9-13-30-38(31)40(64)29-12-4-3-11-28(29)39(30)63)41(65)57-33(15-6-8-21-49)44(68)60-35(25-72)45(69)59-34(17-10-22-54-47(50)51)43(67)58-32(14-5-7-20-48)42(66)56-27(2)46(70)71/h3-4,9,11-13,16,26-27,32-35,52,72H,5-8,10,14-15,17-25,48-49H2,1-2H3,(H,53,61)(H,55,62)(H,56,66)(H,57,65)(H,58,67)(H,59,69)(H,60,68)(H,70,71)(H4,50,51,54)/t26-,27-,32-,33-,34-,35-/m0/s1. The van der Waals surface area contributed by atoms with Gasteiger partial charge in [0.1, 0.15) is 36.3 Å². The van der Waals surface area contributed by atoms with Crippen LogP contribution >= 0.6 is 12.6 Å². The Labute approximate surface area is 422 Å². The van der Waals surface area contributed by atoms with Crippen molar-refractivity contribution in [2.75, 3.05) is 43.8 Å². The third kappa shape index (κ3) is 18.9. The topological polar surface area (TPSA) is 404 Å². The van der Waals surface area contributed by atoms with Gasteiger partial charge < -0.3 is 70.6 Å². The highest BCUT2D eigenvalue weighted by molar-refractivity contribution is 7.80. The van der Waals surface area contributed by atoms with Crippen molar-refractivity contribution in [3.05, 3.63) is 64.7 Å². The number of fused-ring (bicyclic) bond motifs is 2. The molecule has 394 valence electrons. The number of rotatable bonds is 32. The number of carbonyl (C=O) groups excluding carboxylic acids is 9. The SMILES string of the molecule is C[C@H](NC(=O)[C@H](CCCCN)NC(=O)[C@H](CCCN=C(N)N)NC(=O)[C@H](CS)NC(=O)[C@H](CCCCN)NC(=O)[C@H](C)NC(=O)CCC(=O)NCCNc1cccc2c1C(=O)c1ccccc1C2=O)C(=O)O. The molecule has 0 fully saturated rings. The molecule has 0 heterocycles. The van der Waals surface area contributed by atoms with E-state index in [0.29, 0.717) is 49.0 Å². The molecule has 0 saturated heterocycles. The lowest BCUT2D eigenvalue weighted by Crippen LogP contribution is -2.59. The number of benzene rings is 2. The number of hydrogen-bond acceptors (Lipinski definition) is 15. The van der Waals surface area contributed by atoms with Gasteiger partial charge in [0.05, 0.1) is 5.56 Å². The average Bonchev–Trinajstić information content (AvgIpc) is 3.35. The molecule has 24 nitrogen and oxygen atoms in total. The lowest BCUT2D eigenvalue weighted by molar-refractivity contribution is -0.142. The summed E-state index contributed by atoms with van der Waals surface area (Å²) in [6.45, 7) is 3.63. The van der Waals surface area contributed by atoms with Crippen molar-refractivity contribution in [3.63, 3.8) is 0 Å². The Morgan fingerprint density at radius 1 is 0.583 bits per heavy atom. The molecule has 0 spiro atoms. The number of aliphatic carboxylic acids is 1. The smallest absolute Gasteiger partial charge is 0.325 e. The zero-order chi connectivity index (χ0) is 53.3. The molecule has 0 unspecified atom stereocenters. The van der Waals surface area contributed by atoms with Gasteiger partial charge in [-0.25, -0.2) is 0 Å². The number of nitrogens with zero attached hydrogens (tertiary/aromatic N) is 1. The number of carbonyl (C=O) groups is 10. The van der Waals surface area contributed by atoms with Crippen molar-refractivity contribution in [2.24, 2.45) is 27.9 Å². The van der Waals surface area contributed by atoms with Crippen LogP contribution < -0.4 is 65.5 Å². The lowest BCUT2D eigenvalue weighted by Gasteiger charge is -2.26. The van der Waals surface area contributed by atoms with Crippen molar-refractivity contribution in [2.45, 2.75) is 114 Å². The number of amides is 7. The third-order valence-electron chi connectivity index (χ3n) is 11.3. The largest absolute Gasteiger partial charge is 0.480 e. The van der Waals surface area contributed by atoms with Crippen molar-refractivity contribution >= 4 is 83.2 Å². The van der Waals surface area contributed by atoms with E-state index in [0.717, 1.165) is 0 Å². The van der Waals surface area contributed by atoms with Crippen LogP contribution in [-0.2, 0) is 38.4 Å². The Morgan fingerprint density at radius 2 is 1.08 bits per heavy atom. The third-order valence-corrected chi connectivity index (χ3v) is 11.7. The van der Waals surface area contributed by atoms with E-state index >= 15 is 0 Å². The van der Waals surface area contributed by atoms with Gasteiger partial charge in [-0.15, -0.1) is 0 Å². The average molecular weight is 1020 g/mol. The minimum atomic E-state index is -1.35. The number of anilines is 1. The molecular weight excluding hydrogens is 955 g/mol. The highest BCUT2D eigenvalue weighted by atomic mass is 32.1. The number of guanidine groups is 1. The molecule has 17 N–H and O–H groups in total. The summed E-state index contributed by atoms with van der Waals surface area (Å²) < 4.78 is 0. The molecule has 0 bridgehead atoms. The summed E-state index contributed by atoms with van der Waals surface area (Å²) >= 11 is 4.25. The van der Waals surface area contributed by atoms with E-state index < -0.39 is 83.6 Å². The summed E-state index contributed by atoms with van der Waals surface area (Å²) in [4.78, 5) is 135. The van der Waals surface area contributed by atoms with Gasteiger partial charge in [-0.3, -0.25) is 52.9 Å². The fourth-order valence-corrected chi connectivity index (χ4v) is 7.62. The fourth-order valence-electron chi connectivity index (χ4n) is 7.37. The van der Waals surface area contributed by atoms with Crippen LogP contribution in [0.3, 0.4) is 0 Å². The first kappa shape index (κ1) is 59.2. The molecule has 6 atom stereocenters. The Kier molecular flexibility index (Phi) is 25.1. The second-order valence-electron chi connectivity index (χ2n) is 17.0. The van der Waals surface area contributed by atoms with Crippen LogP contribution in [0.4, 0.5) is 5.69 Å². The quantitative estimate of drug-likeness (QED) is 0.0140.